The predicted molar refractivity (Wildman–Crippen MR) is 56.3 cm³/mol. The lowest BCUT2D eigenvalue weighted by molar-refractivity contribution is -0.119. The maximum atomic E-state index is 11.3. The van der Waals surface area contributed by atoms with E-state index in [0.29, 0.717) is 5.16 Å². The van der Waals surface area contributed by atoms with Gasteiger partial charge in [-0.3, -0.25) is 10.1 Å². The van der Waals surface area contributed by atoms with Crippen LogP contribution in [0, 0.1) is 0 Å². The van der Waals surface area contributed by atoms with Gasteiger partial charge in [-0.25, -0.2) is 9.78 Å². The maximum Gasteiger partial charge on any atom is 0.318 e. The Morgan fingerprint density at radius 2 is 2.33 bits per heavy atom. The number of hydrogen-bond donors (Lipinski definition) is 2. The Balaban J connectivity index is 2.56. The summed E-state index contributed by atoms with van der Waals surface area (Å²) in [6, 6.07) is -0.840. The van der Waals surface area contributed by atoms with E-state index >= 15 is 0 Å². The van der Waals surface area contributed by atoms with Crippen LogP contribution in [0.5, 0.6) is 0 Å². The standard InChI is InChI=1S/C8H12N4O2S/c1-5(6(13)11-7(9)14)15-8-10-3-4-12(8)2/h3-5H,1-2H3,(H3,9,11,13,14). The zero-order valence-electron chi connectivity index (χ0n) is 8.43. The topological polar surface area (TPSA) is 90.0 Å². The molecule has 0 fully saturated rings. The number of aryl methyl sites for hydroxylation is 1. The van der Waals surface area contributed by atoms with Crippen LogP contribution in [-0.4, -0.2) is 26.7 Å². The molecule has 0 saturated heterocycles. The predicted octanol–water partition coefficient (Wildman–Crippen LogP) is 0.0956. The number of aromatic nitrogens is 2. The van der Waals surface area contributed by atoms with Gasteiger partial charge in [0.2, 0.25) is 5.91 Å². The second-order valence-corrected chi connectivity index (χ2v) is 4.24. The number of hydrogen-bond acceptors (Lipinski definition) is 4. The number of thioether (sulfide) groups is 1. The lowest BCUT2D eigenvalue weighted by Crippen LogP contribution is -2.39. The van der Waals surface area contributed by atoms with Crippen LogP contribution in [0.15, 0.2) is 17.6 Å². The van der Waals surface area contributed by atoms with Gasteiger partial charge in [0.05, 0.1) is 5.25 Å². The molecule has 1 atom stereocenters. The molecule has 0 aliphatic rings. The van der Waals surface area contributed by atoms with E-state index in [1.165, 1.54) is 11.8 Å². The highest BCUT2D eigenvalue weighted by Gasteiger charge is 2.17. The second kappa shape index (κ2) is 4.83. The van der Waals surface area contributed by atoms with Crippen molar-refractivity contribution in [1.82, 2.24) is 14.9 Å². The zero-order valence-corrected chi connectivity index (χ0v) is 9.25. The van der Waals surface area contributed by atoms with Crippen LogP contribution in [-0.2, 0) is 11.8 Å². The normalized spacial score (nSPS) is 12.1. The van der Waals surface area contributed by atoms with Crippen LogP contribution in [0.2, 0.25) is 0 Å². The first-order chi connectivity index (χ1) is 7.00. The summed E-state index contributed by atoms with van der Waals surface area (Å²) in [5.41, 5.74) is 4.83. The molecule has 0 radical (unpaired) electrons. The van der Waals surface area contributed by atoms with E-state index in [1.807, 2.05) is 12.4 Å². The summed E-state index contributed by atoms with van der Waals surface area (Å²) in [5, 5.41) is 2.31. The number of imide groups is 1. The number of carbonyl (C=O) groups is 2. The fourth-order valence-corrected chi connectivity index (χ4v) is 1.73. The van der Waals surface area contributed by atoms with Crippen LogP contribution in [0.1, 0.15) is 6.92 Å². The molecule has 1 heterocycles. The van der Waals surface area contributed by atoms with E-state index in [1.54, 1.807) is 23.9 Å². The van der Waals surface area contributed by atoms with E-state index in [4.69, 9.17) is 5.73 Å². The van der Waals surface area contributed by atoms with Crippen molar-refractivity contribution in [2.75, 3.05) is 0 Å². The summed E-state index contributed by atoms with van der Waals surface area (Å²) in [6.07, 6.45) is 3.42. The van der Waals surface area contributed by atoms with Crippen molar-refractivity contribution in [2.24, 2.45) is 12.8 Å². The number of nitrogens with two attached hydrogens (primary N) is 1. The van der Waals surface area contributed by atoms with Gasteiger partial charge in [-0.1, -0.05) is 11.8 Å². The minimum Gasteiger partial charge on any atom is -0.351 e. The quantitative estimate of drug-likeness (QED) is 0.718. The molecule has 15 heavy (non-hydrogen) atoms. The fourth-order valence-electron chi connectivity index (χ4n) is 0.900. The third kappa shape index (κ3) is 3.28. The number of nitrogens with zero attached hydrogens (tertiary/aromatic N) is 2. The van der Waals surface area contributed by atoms with Crippen LogP contribution in [0.25, 0.3) is 0 Å². The van der Waals surface area contributed by atoms with Gasteiger partial charge in [0.15, 0.2) is 5.16 Å². The fraction of sp³-hybridized carbons (Fsp3) is 0.375. The smallest absolute Gasteiger partial charge is 0.318 e. The zero-order chi connectivity index (χ0) is 11.4. The Labute approximate surface area is 91.2 Å². The molecule has 3 amide bonds. The van der Waals surface area contributed by atoms with E-state index in [2.05, 4.69) is 4.98 Å². The summed E-state index contributed by atoms with van der Waals surface area (Å²) in [7, 11) is 1.83. The Bertz CT molecular complexity index is 376. The van der Waals surface area contributed by atoms with Gasteiger partial charge in [-0.2, -0.15) is 0 Å². The van der Waals surface area contributed by atoms with E-state index in [9.17, 15) is 9.59 Å². The molecule has 0 aromatic carbocycles. The second-order valence-electron chi connectivity index (χ2n) is 2.93. The van der Waals surface area contributed by atoms with E-state index < -0.39 is 17.2 Å². The van der Waals surface area contributed by atoms with E-state index in [-0.39, 0.29) is 0 Å². The van der Waals surface area contributed by atoms with Crippen molar-refractivity contribution in [2.45, 2.75) is 17.3 Å². The minimum absolute atomic E-state index is 0.418. The average molecular weight is 228 g/mol. The molecular weight excluding hydrogens is 216 g/mol. The van der Waals surface area contributed by atoms with Crippen LogP contribution in [0.4, 0.5) is 4.79 Å². The molecule has 3 N–H and O–H groups in total. The lowest BCUT2D eigenvalue weighted by atomic mass is 10.4. The molecule has 0 bridgehead atoms. The first kappa shape index (κ1) is 11.6. The first-order valence-electron chi connectivity index (χ1n) is 4.25. The highest BCUT2D eigenvalue weighted by molar-refractivity contribution is 8.00. The Kier molecular flexibility index (Phi) is 3.73. The average Bonchev–Trinajstić information content (AvgIpc) is 2.50. The third-order valence-electron chi connectivity index (χ3n) is 1.67. The molecule has 1 aromatic heterocycles. The SMILES string of the molecule is CC(Sc1nccn1C)C(=O)NC(N)=O. The van der Waals surface area contributed by atoms with Crippen molar-refractivity contribution < 1.29 is 9.59 Å². The van der Waals surface area contributed by atoms with Gasteiger partial charge >= 0.3 is 6.03 Å². The number of amides is 3. The number of carbonyl (C=O) groups excluding carboxylic acids is 2. The van der Waals surface area contributed by atoms with Gasteiger partial charge in [-0.05, 0) is 6.92 Å². The number of primary amides is 1. The largest absolute Gasteiger partial charge is 0.351 e. The van der Waals surface area contributed by atoms with Gasteiger partial charge in [-0.15, -0.1) is 0 Å². The molecule has 0 saturated carbocycles. The minimum atomic E-state index is -0.840. The van der Waals surface area contributed by atoms with Crippen LogP contribution >= 0.6 is 11.8 Å². The third-order valence-corrected chi connectivity index (χ3v) is 2.85. The molecule has 7 heteroatoms. The number of urea groups is 1. The molecule has 1 aromatic rings. The lowest BCUT2D eigenvalue weighted by Gasteiger charge is -2.09. The Morgan fingerprint density at radius 3 is 2.80 bits per heavy atom. The maximum absolute atomic E-state index is 11.3. The monoisotopic (exact) mass is 228 g/mol. The van der Waals surface area contributed by atoms with Crippen molar-refractivity contribution in [1.29, 1.82) is 0 Å². The highest BCUT2D eigenvalue weighted by Crippen LogP contribution is 2.20. The molecule has 0 aliphatic heterocycles. The van der Waals surface area contributed by atoms with Gasteiger partial charge in [0, 0.05) is 19.4 Å². The summed E-state index contributed by atoms with van der Waals surface area (Å²) >= 11 is 1.26. The number of imidazole rings is 1. The first-order valence-corrected chi connectivity index (χ1v) is 5.13. The number of nitrogens with one attached hydrogen (secondary N) is 1. The van der Waals surface area contributed by atoms with Crippen LogP contribution in [0.3, 0.4) is 0 Å². The Hall–Kier alpha value is -1.50. The Morgan fingerprint density at radius 1 is 1.67 bits per heavy atom. The molecule has 0 aliphatic carbocycles. The van der Waals surface area contributed by atoms with Gasteiger partial charge in [0.1, 0.15) is 0 Å². The summed E-state index contributed by atoms with van der Waals surface area (Å²) < 4.78 is 1.79. The molecular formula is C8H12N4O2S. The van der Waals surface area contributed by atoms with Crippen LogP contribution < -0.4 is 11.1 Å². The van der Waals surface area contributed by atoms with Crippen molar-refractivity contribution in [3.63, 3.8) is 0 Å². The van der Waals surface area contributed by atoms with E-state index in [0.717, 1.165) is 0 Å². The summed E-state index contributed by atoms with van der Waals surface area (Å²) in [6.45, 7) is 1.68. The summed E-state index contributed by atoms with van der Waals surface area (Å²) in [4.78, 5) is 25.8. The van der Waals surface area contributed by atoms with Crippen molar-refractivity contribution >= 4 is 23.7 Å². The van der Waals surface area contributed by atoms with Crippen molar-refractivity contribution in [3.8, 4) is 0 Å². The molecule has 1 unspecified atom stereocenters. The van der Waals surface area contributed by atoms with Gasteiger partial charge in [0.25, 0.3) is 0 Å². The molecule has 0 spiro atoms. The molecule has 6 nitrogen and oxygen atoms in total. The van der Waals surface area contributed by atoms with Gasteiger partial charge < -0.3 is 10.3 Å². The summed E-state index contributed by atoms with van der Waals surface area (Å²) in [5.74, 6) is -0.421. The molecule has 82 valence electrons. The van der Waals surface area contributed by atoms with Crippen molar-refractivity contribution in [3.05, 3.63) is 12.4 Å². The highest BCUT2D eigenvalue weighted by atomic mass is 32.2. The molecule has 1 rings (SSSR count). The number of rotatable bonds is 3.